The molecule has 0 fully saturated rings. The molecule has 0 radical (unpaired) electrons. The van der Waals surface area contributed by atoms with Crippen molar-refractivity contribution in [2.24, 2.45) is 0 Å². The summed E-state index contributed by atoms with van der Waals surface area (Å²) in [4.78, 5) is 12.1. The number of methoxy groups -OCH3 is 1. The molecule has 0 aliphatic heterocycles. The highest BCUT2D eigenvalue weighted by Crippen LogP contribution is 2.24. The van der Waals surface area contributed by atoms with Crippen molar-refractivity contribution in [1.29, 1.82) is 0 Å². The number of carbonyl (C=O) groups is 1. The van der Waals surface area contributed by atoms with E-state index in [2.05, 4.69) is 40.3 Å². The minimum absolute atomic E-state index is 0.159. The highest BCUT2D eigenvalue weighted by molar-refractivity contribution is 9.10. The number of ether oxygens (including phenoxy) is 1. The SMILES string of the molecule is CCCCc1ccc(NC(=O)/C=C/c2ccc(OC)cc2)c(Br)c1. The van der Waals surface area contributed by atoms with E-state index in [1.165, 1.54) is 24.5 Å². The summed E-state index contributed by atoms with van der Waals surface area (Å²) in [6, 6.07) is 13.6. The summed E-state index contributed by atoms with van der Waals surface area (Å²) in [5, 5.41) is 2.89. The second-order valence-electron chi connectivity index (χ2n) is 5.51. The molecule has 2 aromatic rings. The fraction of sp³-hybridized carbons (Fsp3) is 0.250. The van der Waals surface area contributed by atoms with Crippen LogP contribution in [-0.2, 0) is 11.2 Å². The number of aryl methyl sites for hydroxylation is 1. The van der Waals surface area contributed by atoms with Crippen LogP contribution in [0.5, 0.6) is 5.75 Å². The van der Waals surface area contributed by atoms with Crippen LogP contribution in [0, 0.1) is 0 Å². The minimum atomic E-state index is -0.159. The molecule has 0 aliphatic rings. The third-order valence-electron chi connectivity index (χ3n) is 3.65. The summed E-state index contributed by atoms with van der Waals surface area (Å²) < 4.78 is 6.02. The summed E-state index contributed by atoms with van der Waals surface area (Å²) in [7, 11) is 1.63. The Balaban J connectivity index is 1.97. The minimum Gasteiger partial charge on any atom is -0.497 e. The molecule has 3 nitrogen and oxygen atoms in total. The van der Waals surface area contributed by atoms with Crippen molar-refractivity contribution < 1.29 is 9.53 Å². The molecule has 0 saturated heterocycles. The van der Waals surface area contributed by atoms with Gasteiger partial charge in [0.25, 0.3) is 0 Å². The Morgan fingerprint density at radius 3 is 2.58 bits per heavy atom. The second kappa shape index (κ2) is 9.28. The van der Waals surface area contributed by atoms with E-state index in [9.17, 15) is 4.79 Å². The topological polar surface area (TPSA) is 38.3 Å². The summed E-state index contributed by atoms with van der Waals surface area (Å²) in [5.74, 6) is 0.636. The number of hydrogen-bond donors (Lipinski definition) is 1. The molecule has 0 heterocycles. The van der Waals surface area contributed by atoms with Crippen molar-refractivity contribution in [2.75, 3.05) is 12.4 Å². The van der Waals surface area contributed by atoms with Crippen LogP contribution in [0.15, 0.2) is 53.0 Å². The van der Waals surface area contributed by atoms with Gasteiger partial charge >= 0.3 is 0 Å². The first kappa shape index (κ1) is 18.3. The predicted octanol–water partition coefficient (Wildman–Crippen LogP) is 5.45. The number of halogens is 1. The Labute approximate surface area is 151 Å². The Morgan fingerprint density at radius 2 is 1.96 bits per heavy atom. The predicted molar refractivity (Wildman–Crippen MR) is 103 cm³/mol. The van der Waals surface area contributed by atoms with Crippen molar-refractivity contribution in [3.63, 3.8) is 0 Å². The van der Waals surface area contributed by atoms with E-state index in [1.54, 1.807) is 13.2 Å². The molecule has 126 valence electrons. The quantitative estimate of drug-likeness (QED) is 0.641. The molecule has 0 unspecified atom stereocenters. The highest BCUT2D eigenvalue weighted by Gasteiger charge is 2.04. The Hall–Kier alpha value is -2.07. The van der Waals surface area contributed by atoms with E-state index in [0.29, 0.717) is 0 Å². The van der Waals surface area contributed by atoms with Gasteiger partial charge in [0.15, 0.2) is 0 Å². The van der Waals surface area contributed by atoms with Gasteiger partial charge in [-0.1, -0.05) is 31.5 Å². The summed E-state index contributed by atoms with van der Waals surface area (Å²) in [6.07, 6.45) is 6.70. The smallest absolute Gasteiger partial charge is 0.248 e. The summed E-state index contributed by atoms with van der Waals surface area (Å²) in [6.45, 7) is 2.18. The first-order chi connectivity index (χ1) is 11.6. The van der Waals surface area contributed by atoms with Crippen LogP contribution >= 0.6 is 15.9 Å². The highest BCUT2D eigenvalue weighted by atomic mass is 79.9. The normalized spacial score (nSPS) is 10.8. The zero-order chi connectivity index (χ0) is 17.4. The molecule has 0 bridgehead atoms. The lowest BCUT2D eigenvalue weighted by atomic mass is 10.1. The summed E-state index contributed by atoms with van der Waals surface area (Å²) >= 11 is 3.53. The van der Waals surface area contributed by atoms with Crippen LogP contribution in [0.25, 0.3) is 6.08 Å². The van der Waals surface area contributed by atoms with E-state index >= 15 is 0 Å². The van der Waals surface area contributed by atoms with Crippen LogP contribution in [0.3, 0.4) is 0 Å². The van der Waals surface area contributed by atoms with Crippen molar-refractivity contribution in [1.82, 2.24) is 0 Å². The maximum Gasteiger partial charge on any atom is 0.248 e. The first-order valence-corrected chi connectivity index (χ1v) is 8.83. The molecule has 0 spiro atoms. The van der Waals surface area contributed by atoms with E-state index in [4.69, 9.17) is 4.74 Å². The third kappa shape index (κ3) is 5.53. The molecular weight excluding hydrogens is 366 g/mol. The molecule has 1 N–H and O–H groups in total. The van der Waals surface area contributed by atoms with Gasteiger partial charge in [0.2, 0.25) is 5.91 Å². The lowest BCUT2D eigenvalue weighted by Crippen LogP contribution is -2.08. The average Bonchev–Trinajstić information content (AvgIpc) is 2.60. The standard InChI is InChI=1S/C20H22BrNO2/c1-3-4-5-16-8-12-19(18(21)14-16)22-20(23)13-9-15-6-10-17(24-2)11-7-15/h6-14H,3-5H2,1-2H3,(H,22,23)/b13-9+. The van der Waals surface area contributed by atoms with Crippen molar-refractivity contribution >= 4 is 33.6 Å². The first-order valence-electron chi connectivity index (χ1n) is 8.04. The number of anilines is 1. The lowest BCUT2D eigenvalue weighted by Gasteiger charge is -2.08. The van der Waals surface area contributed by atoms with Crippen LogP contribution in [0.4, 0.5) is 5.69 Å². The van der Waals surface area contributed by atoms with Gasteiger partial charge in [-0.15, -0.1) is 0 Å². The van der Waals surface area contributed by atoms with Gasteiger partial charge in [-0.25, -0.2) is 0 Å². The molecule has 24 heavy (non-hydrogen) atoms. The monoisotopic (exact) mass is 387 g/mol. The largest absolute Gasteiger partial charge is 0.497 e. The maximum absolute atomic E-state index is 12.1. The van der Waals surface area contributed by atoms with E-state index < -0.39 is 0 Å². The fourth-order valence-electron chi connectivity index (χ4n) is 2.26. The maximum atomic E-state index is 12.1. The number of nitrogens with one attached hydrogen (secondary N) is 1. The third-order valence-corrected chi connectivity index (χ3v) is 4.31. The van der Waals surface area contributed by atoms with Gasteiger partial charge in [0.05, 0.1) is 12.8 Å². The molecule has 0 aromatic heterocycles. The van der Waals surface area contributed by atoms with Gasteiger partial charge < -0.3 is 10.1 Å². The molecule has 2 rings (SSSR count). The van der Waals surface area contributed by atoms with Crippen molar-refractivity contribution in [3.05, 3.63) is 64.1 Å². The van der Waals surface area contributed by atoms with Crippen LogP contribution in [0.2, 0.25) is 0 Å². The zero-order valence-electron chi connectivity index (χ0n) is 14.0. The van der Waals surface area contributed by atoms with E-state index in [-0.39, 0.29) is 5.91 Å². The van der Waals surface area contributed by atoms with Crippen molar-refractivity contribution in [2.45, 2.75) is 26.2 Å². The molecule has 0 saturated carbocycles. The molecule has 0 atom stereocenters. The molecular formula is C20H22BrNO2. The van der Waals surface area contributed by atoms with Gasteiger partial charge in [-0.2, -0.15) is 0 Å². The molecule has 0 aliphatic carbocycles. The number of hydrogen-bond acceptors (Lipinski definition) is 2. The lowest BCUT2D eigenvalue weighted by molar-refractivity contribution is -0.111. The molecule has 2 aromatic carbocycles. The van der Waals surface area contributed by atoms with Crippen LogP contribution in [-0.4, -0.2) is 13.0 Å². The van der Waals surface area contributed by atoms with Gasteiger partial charge in [0.1, 0.15) is 5.75 Å². The second-order valence-corrected chi connectivity index (χ2v) is 6.37. The van der Waals surface area contributed by atoms with Crippen LogP contribution < -0.4 is 10.1 Å². The average molecular weight is 388 g/mol. The number of carbonyl (C=O) groups excluding carboxylic acids is 1. The zero-order valence-corrected chi connectivity index (χ0v) is 15.6. The summed E-state index contributed by atoms with van der Waals surface area (Å²) in [5.41, 5.74) is 3.00. The Bertz CT molecular complexity index is 708. The van der Waals surface area contributed by atoms with Crippen LogP contribution in [0.1, 0.15) is 30.9 Å². The number of benzene rings is 2. The Kier molecular flexibility index (Phi) is 7.07. The number of unbranched alkanes of at least 4 members (excludes halogenated alkanes) is 1. The van der Waals surface area contributed by atoms with Gasteiger partial charge in [-0.05, 0) is 70.2 Å². The molecule has 4 heteroatoms. The van der Waals surface area contributed by atoms with Crippen molar-refractivity contribution in [3.8, 4) is 5.75 Å². The fourth-order valence-corrected chi connectivity index (χ4v) is 2.78. The number of amides is 1. The Morgan fingerprint density at radius 1 is 1.21 bits per heavy atom. The number of rotatable bonds is 7. The van der Waals surface area contributed by atoms with Gasteiger partial charge in [-0.3, -0.25) is 4.79 Å². The molecule has 1 amide bonds. The van der Waals surface area contributed by atoms with E-state index in [0.717, 1.165) is 27.9 Å². The van der Waals surface area contributed by atoms with Gasteiger partial charge in [0, 0.05) is 10.5 Å². The van der Waals surface area contributed by atoms with E-state index in [1.807, 2.05) is 30.3 Å².